The van der Waals surface area contributed by atoms with Gasteiger partial charge in [-0.3, -0.25) is 0 Å². The van der Waals surface area contributed by atoms with Crippen LogP contribution >= 0.6 is 11.3 Å². The van der Waals surface area contributed by atoms with Crippen LogP contribution in [0.3, 0.4) is 0 Å². The third-order valence-electron chi connectivity index (χ3n) is 3.06. The molecule has 0 aliphatic rings. The average molecular weight is 275 g/mol. The maximum absolute atomic E-state index is 5.77. The van der Waals surface area contributed by atoms with E-state index < -0.39 is 0 Å². The van der Waals surface area contributed by atoms with Gasteiger partial charge < -0.3 is 10.1 Å². The molecule has 0 bridgehead atoms. The first-order valence-electron chi connectivity index (χ1n) is 6.59. The lowest BCUT2D eigenvalue weighted by Gasteiger charge is -2.18. The predicted molar refractivity (Wildman–Crippen MR) is 82.2 cm³/mol. The van der Waals surface area contributed by atoms with Crippen LogP contribution in [-0.4, -0.2) is 13.2 Å². The summed E-state index contributed by atoms with van der Waals surface area (Å²) in [5.41, 5.74) is 2.58. The molecule has 0 aliphatic carbocycles. The highest BCUT2D eigenvalue weighted by atomic mass is 32.1. The van der Waals surface area contributed by atoms with Gasteiger partial charge in [-0.15, -0.1) is 11.3 Å². The molecule has 1 atom stereocenters. The summed E-state index contributed by atoms with van der Waals surface area (Å²) in [6.45, 7) is 6.26. The van der Waals surface area contributed by atoms with Gasteiger partial charge in [0.15, 0.2) is 0 Å². The Morgan fingerprint density at radius 2 is 2.00 bits per heavy atom. The van der Waals surface area contributed by atoms with Gasteiger partial charge in [0.1, 0.15) is 5.75 Å². The number of hydrogen-bond acceptors (Lipinski definition) is 3. The Hall–Kier alpha value is -1.32. The van der Waals surface area contributed by atoms with E-state index in [1.165, 1.54) is 16.0 Å². The second kappa shape index (κ2) is 6.22. The van der Waals surface area contributed by atoms with Crippen LogP contribution in [0.4, 0.5) is 0 Å². The SMILES string of the molecule is CNC(c1cccc(OC(C)C)c1)c1ccsc1C. The molecule has 2 nitrogen and oxygen atoms in total. The molecular formula is C16H21NOS. The number of aryl methyl sites for hydroxylation is 1. The molecule has 1 heterocycles. The molecule has 0 radical (unpaired) electrons. The Kier molecular flexibility index (Phi) is 4.61. The lowest BCUT2D eigenvalue weighted by Crippen LogP contribution is -2.18. The predicted octanol–water partition coefficient (Wildman–Crippen LogP) is 4.15. The lowest BCUT2D eigenvalue weighted by molar-refractivity contribution is 0.242. The van der Waals surface area contributed by atoms with Crippen LogP contribution in [0.25, 0.3) is 0 Å². The van der Waals surface area contributed by atoms with E-state index in [-0.39, 0.29) is 12.1 Å². The highest BCUT2D eigenvalue weighted by Gasteiger charge is 2.15. The first-order chi connectivity index (χ1) is 9.11. The molecule has 0 amide bonds. The summed E-state index contributed by atoms with van der Waals surface area (Å²) < 4.78 is 5.77. The zero-order valence-corrected chi connectivity index (χ0v) is 12.8. The number of ether oxygens (including phenoxy) is 1. The summed E-state index contributed by atoms with van der Waals surface area (Å²) in [4.78, 5) is 1.36. The Morgan fingerprint density at radius 3 is 2.58 bits per heavy atom. The summed E-state index contributed by atoms with van der Waals surface area (Å²) in [6, 6.07) is 10.7. The minimum Gasteiger partial charge on any atom is -0.491 e. The molecule has 1 aromatic carbocycles. The Labute approximate surface area is 119 Å². The maximum atomic E-state index is 5.77. The third-order valence-corrected chi connectivity index (χ3v) is 3.92. The number of benzene rings is 1. The van der Waals surface area contributed by atoms with Gasteiger partial charge in [0.05, 0.1) is 12.1 Å². The van der Waals surface area contributed by atoms with Crippen molar-refractivity contribution in [3.05, 3.63) is 51.7 Å². The topological polar surface area (TPSA) is 21.3 Å². The van der Waals surface area contributed by atoms with Gasteiger partial charge in [0, 0.05) is 4.88 Å². The van der Waals surface area contributed by atoms with Crippen LogP contribution < -0.4 is 10.1 Å². The first-order valence-corrected chi connectivity index (χ1v) is 7.47. The molecule has 2 rings (SSSR count). The fourth-order valence-corrected chi connectivity index (χ4v) is 2.98. The molecule has 0 aliphatic heterocycles. The van der Waals surface area contributed by atoms with Crippen LogP contribution in [0.2, 0.25) is 0 Å². The van der Waals surface area contributed by atoms with Crippen molar-refractivity contribution in [2.75, 3.05) is 7.05 Å². The highest BCUT2D eigenvalue weighted by molar-refractivity contribution is 7.10. The number of rotatable bonds is 5. The molecule has 1 unspecified atom stereocenters. The van der Waals surface area contributed by atoms with Crippen molar-refractivity contribution in [3.8, 4) is 5.75 Å². The second-order valence-electron chi connectivity index (χ2n) is 4.89. The van der Waals surface area contributed by atoms with Crippen LogP contribution in [0.15, 0.2) is 35.7 Å². The van der Waals surface area contributed by atoms with E-state index in [0.717, 1.165) is 5.75 Å². The van der Waals surface area contributed by atoms with E-state index in [0.29, 0.717) is 0 Å². The highest BCUT2D eigenvalue weighted by Crippen LogP contribution is 2.29. The van der Waals surface area contributed by atoms with Gasteiger partial charge in [-0.2, -0.15) is 0 Å². The number of nitrogens with one attached hydrogen (secondary N) is 1. The second-order valence-corrected chi connectivity index (χ2v) is 6.01. The van der Waals surface area contributed by atoms with Gasteiger partial charge in [-0.25, -0.2) is 0 Å². The summed E-state index contributed by atoms with van der Waals surface area (Å²) in [5.74, 6) is 0.931. The van der Waals surface area contributed by atoms with Crippen molar-refractivity contribution in [1.82, 2.24) is 5.32 Å². The van der Waals surface area contributed by atoms with Crippen molar-refractivity contribution >= 4 is 11.3 Å². The molecule has 0 saturated carbocycles. The third kappa shape index (κ3) is 3.37. The zero-order chi connectivity index (χ0) is 13.8. The van der Waals surface area contributed by atoms with Crippen molar-refractivity contribution in [3.63, 3.8) is 0 Å². The summed E-state index contributed by atoms with van der Waals surface area (Å²) in [6.07, 6.45) is 0.200. The molecule has 3 heteroatoms. The molecule has 0 fully saturated rings. The Balaban J connectivity index is 2.31. The maximum Gasteiger partial charge on any atom is 0.120 e. The van der Waals surface area contributed by atoms with Gasteiger partial charge in [0.25, 0.3) is 0 Å². The average Bonchev–Trinajstić information content (AvgIpc) is 2.77. The standard InChI is InChI=1S/C16H21NOS/c1-11(2)18-14-7-5-6-13(10-14)16(17-4)15-8-9-19-12(15)3/h5-11,16-17H,1-4H3. The molecule has 0 saturated heterocycles. The van der Waals surface area contributed by atoms with Gasteiger partial charge in [-0.05, 0) is 62.5 Å². The number of thiophene rings is 1. The van der Waals surface area contributed by atoms with E-state index in [4.69, 9.17) is 4.74 Å². The fourth-order valence-electron chi connectivity index (χ4n) is 2.24. The Morgan fingerprint density at radius 1 is 1.21 bits per heavy atom. The van der Waals surface area contributed by atoms with E-state index in [9.17, 15) is 0 Å². The molecule has 2 aromatic rings. The van der Waals surface area contributed by atoms with Crippen LogP contribution in [0, 0.1) is 6.92 Å². The van der Waals surface area contributed by atoms with Crippen LogP contribution in [-0.2, 0) is 0 Å². The Bertz CT molecular complexity index is 533. The molecule has 0 spiro atoms. The summed E-state index contributed by atoms with van der Waals surface area (Å²) in [5, 5.41) is 5.54. The van der Waals surface area contributed by atoms with Crippen molar-refractivity contribution in [2.45, 2.75) is 32.9 Å². The van der Waals surface area contributed by atoms with Crippen LogP contribution in [0.1, 0.15) is 35.9 Å². The van der Waals surface area contributed by atoms with Gasteiger partial charge >= 0.3 is 0 Å². The van der Waals surface area contributed by atoms with Crippen molar-refractivity contribution < 1.29 is 4.74 Å². The zero-order valence-electron chi connectivity index (χ0n) is 11.9. The molecule has 1 N–H and O–H groups in total. The molecule has 1 aromatic heterocycles. The smallest absolute Gasteiger partial charge is 0.120 e. The van der Waals surface area contributed by atoms with E-state index in [1.54, 1.807) is 11.3 Å². The minimum atomic E-state index is 0.200. The van der Waals surface area contributed by atoms with Crippen LogP contribution in [0.5, 0.6) is 5.75 Å². The molecule has 102 valence electrons. The normalized spacial score (nSPS) is 12.7. The lowest BCUT2D eigenvalue weighted by atomic mass is 9.99. The van der Waals surface area contributed by atoms with E-state index in [2.05, 4.69) is 41.9 Å². The van der Waals surface area contributed by atoms with Crippen molar-refractivity contribution in [1.29, 1.82) is 0 Å². The minimum absolute atomic E-state index is 0.200. The molecule has 19 heavy (non-hydrogen) atoms. The van der Waals surface area contributed by atoms with Crippen molar-refractivity contribution in [2.24, 2.45) is 0 Å². The largest absolute Gasteiger partial charge is 0.491 e. The van der Waals surface area contributed by atoms with E-state index in [1.807, 2.05) is 27.0 Å². The molecular weight excluding hydrogens is 254 g/mol. The number of hydrogen-bond donors (Lipinski definition) is 1. The van der Waals surface area contributed by atoms with E-state index >= 15 is 0 Å². The quantitative estimate of drug-likeness (QED) is 0.885. The monoisotopic (exact) mass is 275 g/mol. The first kappa shape index (κ1) is 14.1. The van der Waals surface area contributed by atoms with Gasteiger partial charge in [0.2, 0.25) is 0 Å². The summed E-state index contributed by atoms with van der Waals surface area (Å²) >= 11 is 1.79. The summed E-state index contributed by atoms with van der Waals surface area (Å²) in [7, 11) is 2.00. The fraction of sp³-hybridized carbons (Fsp3) is 0.375. The van der Waals surface area contributed by atoms with Gasteiger partial charge in [-0.1, -0.05) is 12.1 Å².